The van der Waals surface area contributed by atoms with Crippen LogP contribution in [0.1, 0.15) is 32.6 Å². The van der Waals surface area contributed by atoms with Crippen LogP contribution in [0.4, 0.5) is 0 Å². The Labute approximate surface area is 92.4 Å². The molecule has 2 heterocycles. The average Bonchev–Trinajstić information content (AvgIpc) is 2.74. The van der Waals surface area contributed by atoms with Gasteiger partial charge in [0.2, 0.25) is 0 Å². The quantitative estimate of drug-likeness (QED) is 0.763. The largest absolute Gasteiger partial charge is 0.394 e. The minimum Gasteiger partial charge on any atom is -0.394 e. The van der Waals surface area contributed by atoms with E-state index in [2.05, 4.69) is 11.8 Å². The summed E-state index contributed by atoms with van der Waals surface area (Å²) in [7, 11) is 1.78. The van der Waals surface area contributed by atoms with E-state index in [1.54, 1.807) is 7.11 Å². The summed E-state index contributed by atoms with van der Waals surface area (Å²) in [5.41, 5.74) is 0.101. The molecule has 3 unspecified atom stereocenters. The van der Waals surface area contributed by atoms with Crippen molar-refractivity contribution >= 4 is 0 Å². The van der Waals surface area contributed by atoms with Crippen LogP contribution in [0.25, 0.3) is 0 Å². The molecule has 0 aromatic heterocycles. The van der Waals surface area contributed by atoms with Crippen molar-refractivity contribution in [2.45, 2.75) is 44.2 Å². The Hall–Kier alpha value is -0.120. The van der Waals surface area contributed by atoms with Gasteiger partial charge < -0.3 is 9.84 Å². The fraction of sp³-hybridized carbons (Fsp3) is 1.00. The molecule has 1 N–H and O–H groups in total. The van der Waals surface area contributed by atoms with Crippen molar-refractivity contribution < 1.29 is 9.84 Å². The molecule has 3 heteroatoms. The van der Waals surface area contributed by atoms with Crippen molar-refractivity contribution in [2.24, 2.45) is 5.92 Å². The van der Waals surface area contributed by atoms with Crippen LogP contribution in [0, 0.1) is 5.92 Å². The predicted molar refractivity (Wildman–Crippen MR) is 59.8 cm³/mol. The van der Waals surface area contributed by atoms with E-state index in [9.17, 15) is 5.11 Å². The van der Waals surface area contributed by atoms with Gasteiger partial charge in [-0.2, -0.15) is 0 Å². The van der Waals surface area contributed by atoms with Crippen LogP contribution in [-0.2, 0) is 4.74 Å². The molecule has 0 bridgehead atoms. The zero-order chi connectivity index (χ0) is 10.9. The monoisotopic (exact) mass is 213 g/mol. The molecular weight excluding hydrogens is 190 g/mol. The third kappa shape index (κ3) is 1.71. The second-order valence-corrected chi connectivity index (χ2v) is 5.07. The van der Waals surface area contributed by atoms with Crippen molar-refractivity contribution in [1.29, 1.82) is 0 Å². The Balaban J connectivity index is 2.14. The van der Waals surface area contributed by atoms with Crippen LogP contribution in [0.3, 0.4) is 0 Å². The van der Waals surface area contributed by atoms with E-state index in [-0.39, 0.29) is 5.54 Å². The van der Waals surface area contributed by atoms with Crippen molar-refractivity contribution in [3.8, 4) is 0 Å². The van der Waals surface area contributed by atoms with Crippen LogP contribution >= 0.6 is 0 Å². The summed E-state index contributed by atoms with van der Waals surface area (Å²) in [5, 5.41) is 9.64. The highest BCUT2D eigenvalue weighted by Gasteiger charge is 2.52. The van der Waals surface area contributed by atoms with Gasteiger partial charge in [0.15, 0.2) is 0 Å². The number of ether oxygens (including phenoxy) is 1. The lowest BCUT2D eigenvalue weighted by Gasteiger charge is -2.33. The van der Waals surface area contributed by atoms with Crippen LogP contribution in [0.2, 0.25) is 0 Å². The summed E-state index contributed by atoms with van der Waals surface area (Å²) in [6, 6.07) is 0.625. The maximum atomic E-state index is 9.64. The van der Waals surface area contributed by atoms with E-state index in [4.69, 9.17) is 4.74 Å². The van der Waals surface area contributed by atoms with E-state index in [0.29, 0.717) is 18.6 Å². The Morgan fingerprint density at radius 3 is 2.93 bits per heavy atom. The Morgan fingerprint density at radius 1 is 1.53 bits per heavy atom. The number of fused-ring (bicyclic) bond motifs is 1. The summed E-state index contributed by atoms with van der Waals surface area (Å²) in [6.45, 7) is 4.58. The SMILES string of the molecule is CCC1C(COC)CC2(CO)CCCN12. The van der Waals surface area contributed by atoms with Gasteiger partial charge in [0.25, 0.3) is 0 Å². The number of hydrogen-bond acceptors (Lipinski definition) is 3. The van der Waals surface area contributed by atoms with E-state index in [1.807, 2.05) is 0 Å². The molecule has 0 spiro atoms. The normalized spacial score (nSPS) is 41.0. The molecule has 0 amide bonds. The highest BCUT2D eigenvalue weighted by molar-refractivity contribution is 5.07. The highest BCUT2D eigenvalue weighted by Crippen LogP contribution is 2.46. The minimum atomic E-state index is 0.101. The second-order valence-electron chi connectivity index (χ2n) is 5.07. The zero-order valence-corrected chi connectivity index (χ0v) is 9.91. The van der Waals surface area contributed by atoms with Crippen LogP contribution in [-0.4, -0.2) is 48.5 Å². The molecule has 0 saturated carbocycles. The summed E-state index contributed by atoms with van der Waals surface area (Å²) >= 11 is 0. The first kappa shape index (κ1) is 11.4. The summed E-state index contributed by atoms with van der Waals surface area (Å²) in [6.07, 6.45) is 4.71. The molecular formula is C12H23NO2. The Bertz CT molecular complexity index is 222. The average molecular weight is 213 g/mol. The number of aliphatic hydroxyl groups excluding tert-OH is 1. The van der Waals surface area contributed by atoms with Crippen molar-refractivity contribution in [2.75, 3.05) is 26.9 Å². The highest BCUT2D eigenvalue weighted by atomic mass is 16.5. The number of aliphatic hydroxyl groups is 1. The fourth-order valence-electron chi connectivity index (χ4n) is 3.75. The molecule has 3 nitrogen and oxygen atoms in total. The van der Waals surface area contributed by atoms with Gasteiger partial charge in [-0.25, -0.2) is 0 Å². The molecule has 2 aliphatic heterocycles. The van der Waals surface area contributed by atoms with E-state index >= 15 is 0 Å². The number of nitrogens with zero attached hydrogens (tertiary/aromatic N) is 1. The standard InChI is InChI=1S/C12H23NO2/c1-3-11-10(8-15-2)7-12(9-14)5-4-6-13(11)12/h10-11,14H,3-9H2,1-2H3. The molecule has 0 aromatic rings. The van der Waals surface area contributed by atoms with Crippen molar-refractivity contribution in [3.05, 3.63) is 0 Å². The third-order valence-electron chi connectivity index (χ3n) is 4.33. The first-order valence-electron chi connectivity index (χ1n) is 6.14. The maximum absolute atomic E-state index is 9.64. The molecule has 15 heavy (non-hydrogen) atoms. The molecule has 0 aromatic carbocycles. The van der Waals surface area contributed by atoms with Crippen molar-refractivity contribution in [3.63, 3.8) is 0 Å². The lowest BCUT2D eigenvalue weighted by molar-refractivity contribution is 0.0735. The molecule has 2 fully saturated rings. The first-order valence-corrected chi connectivity index (χ1v) is 6.14. The second kappa shape index (κ2) is 4.40. The van der Waals surface area contributed by atoms with Crippen molar-refractivity contribution in [1.82, 2.24) is 4.90 Å². The Kier molecular flexibility index (Phi) is 3.33. The summed E-state index contributed by atoms with van der Waals surface area (Å²) < 4.78 is 5.30. The van der Waals surface area contributed by atoms with Gasteiger partial charge >= 0.3 is 0 Å². The first-order chi connectivity index (χ1) is 7.27. The lowest BCUT2D eigenvalue weighted by atomic mass is 9.89. The smallest absolute Gasteiger partial charge is 0.0615 e. The molecule has 2 saturated heterocycles. The number of rotatable bonds is 4. The third-order valence-corrected chi connectivity index (χ3v) is 4.33. The van der Waals surface area contributed by atoms with Crippen LogP contribution < -0.4 is 0 Å². The minimum absolute atomic E-state index is 0.101. The van der Waals surface area contributed by atoms with Gasteiger partial charge in [-0.1, -0.05) is 6.92 Å². The van der Waals surface area contributed by atoms with E-state index < -0.39 is 0 Å². The molecule has 0 aliphatic carbocycles. The molecule has 2 aliphatic rings. The van der Waals surface area contributed by atoms with Gasteiger partial charge in [-0.15, -0.1) is 0 Å². The molecule has 2 rings (SSSR count). The summed E-state index contributed by atoms with van der Waals surface area (Å²) in [4.78, 5) is 2.55. The molecule has 0 radical (unpaired) electrons. The lowest BCUT2D eigenvalue weighted by Crippen LogP contribution is -2.45. The fourth-order valence-corrected chi connectivity index (χ4v) is 3.75. The van der Waals surface area contributed by atoms with Gasteiger partial charge in [-0.05, 0) is 38.1 Å². The van der Waals surface area contributed by atoms with Crippen LogP contribution in [0.15, 0.2) is 0 Å². The number of methoxy groups -OCH3 is 1. The van der Waals surface area contributed by atoms with Gasteiger partial charge in [0, 0.05) is 18.7 Å². The van der Waals surface area contributed by atoms with Gasteiger partial charge in [-0.3, -0.25) is 4.90 Å². The van der Waals surface area contributed by atoms with E-state index in [0.717, 1.165) is 13.0 Å². The maximum Gasteiger partial charge on any atom is 0.0615 e. The van der Waals surface area contributed by atoms with Gasteiger partial charge in [0.05, 0.1) is 13.2 Å². The summed E-state index contributed by atoms with van der Waals surface area (Å²) in [5.74, 6) is 0.618. The molecule has 3 atom stereocenters. The van der Waals surface area contributed by atoms with Crippen LogP contribution in [0.5, 0.6) is 0 Å². The zero-order valence-electron chi connectivity index (χ0n) is 9.91. The molecule has 88 valence electrons. The number of hydrogen-bond donors (Lipinski definition) is 1. The Morgan fingerprint density at radius 2 is 2.33 bits per heavy atom. The topological polar surface area (TPSA) is 32.7 Å². The van der Waals surface area contributed by atoms with Gasteiger partial charge in [0.1, 0.15) is 0 Å². The van der Waals surface area contributed by atoms with E-state index in [1.165, 1.54) is 25.8 Å². The predicted octanol–water partition coefficient (Wildman–Crippen LogP) is 1.26.